The highest BCUT2D eigenvalue weighted by molar-refractivity contribution is 5.94. The molecule has 2 saturated heterocycles. The number of likely N-dealkylation sites (tertiary alicyclic amines) is 1. The van der Waals surface area contributed by atoms with Crippen LogP contribution in [0, 0.1) is 12.8 Å². The lowest BCUT2D eigenvalue weighted by molar-refractivity contribution is -0.141. The summed E-state index contributed by atoms with van der Waals surface area (Å²) in [6.07, 6.45) is 1.76. The Labute approximate surface area is 137 Å². The highest BCUT2D eigenvalue weighted by Gasteiger charge is 2.32. The quantitative estimate of drug-likeness (QED) is 0.834. The summed E-state index contributed by atoms with van der Waals surface area (Å²) in [6.45, 7) is 5.84. The number of amides is 2. The Balaban J connectivity index is 1.64. The number of carbonyl (C=O) groups excluding carboxylic acids is 2. The van der Waals surface area contributed by atoms with Crippen molar-refractivity contribution in [1.29, 1.82) is 0 Å². The number of nitrogens with zero attached hydrogens (tertiary/aromatic N) is 2. The molecule has 0 radical (unpaired) electrons. The Morgan fingerprint density at radius 1 is 1.04 bits per heavy atom. The number of piperidine rings is 1. The third kappa shape index (κ3) is 3.72. The van der Waals surface area contributed by atoms with Gasteiger partial charge in [-0.3, -0.25) is 9.59 Å². The zero-order valence-corrected chi connectivity index (χ0v) is 13.7. The van der Waals surface area contributed by atoms with Crippen molar-refractivity contribution < 1.29 is 14.3 Å². The molecule has 0 spiro atoms. The first kappa shape index (κ1) is 16.0. The molecule has 0 saturated carbocycles. The Bertz CT molecular complexity index is 564. The monoisotopic (exact) mass is 316 g/mol. The lowest BCUT2D eigenvalue weighted by atomic mass is 9.95. The maximum atomic E-state index is 12.6. The van der Waals surface area contributed by atoms with E-state index >= 15 is 0 Å². The van der Waals surface area contributed by atoms with Crippen LogP contribution in [-0.2, 0) is 9.53 Å². The maximum absolute atomic E-state index is 12.6. The molecule has 2 aliphatic rings. The van der Waals surface area contributed by atoms with Gasteiger partial charge in [0.2, 0.25) is 5.91 Å². The molecule has 1 atom stereocenters. The number of benzene rings is 1. The molecule has 5 nitrogen and oxygen atoms in total. The van der Waals surface area contributed by atoms with Gasteiger partial charge in [0.15, 0.2) is 0 Å². The van der Waals surface area contributed by atoms with Gasteiger partial charge in [-0.15, -0.1) is 0 Å². The van der Waals surface area contributed by atoms with Crippen LogP contribution in [-0.4, -0.2) is 61.0 Å². The van der Waals surface area contributed by atoms with E-state index in [0.29, 0.717) is 38.4 Å². The maximum Gasteiger partial charge on any atom is 0.253 e. The number of rotatable bonds is 2. The van der Waals surface area contributed by atoms with E-state index in [-0.39, 0.29) is 17.7 Å². The third-order valence-corrected chi connectivity index (χ3v) is 4.68. The zero-order chi connectivity index (χ0) is 16.2. The van der Waals surface area contributed by atoms with E-state index in [2.05, 4.69) is 0 Å². The van der Waals surface area contributed by atoms with Crippen molar-refractivity contribution in [2.24, 2.45) is 5.92 Å². The van der Waals surface area contributed by atoms with Gasteiger partial charge in [0.1, 0.15) is 0 Å². The largest absolute Gasteiger partial charge is 0.378 e. The number of hydrogen-bond acceptors (Lipinski definition) is 3. The van der Waals surface area contributed by atoms with Crippen LogP contribution in [0.1, 0.15) is 28.8 Å². The SMILES string of the molecule is Cc1ccc(C(=O)N2CCCC(C(=O)N3CCOCC3)C2)cc1. The summed E-state index contributed by atoms with van der Waals surface area (Å²) in [5.74, 6) is 0.135. The van der Waals surface area contributed by atoms with Gasteiger partial charge < -0.3 is 14.5 Å². The van der Waals surface area contributed by atoms with Crippen molar-refractivity contribution in [3.63, 3.8) is 0 Å². The topological polar surface area (TPSA) is 49.9 Å². The molecular formula is C18H24N2O3. The summed E-state index contributed by atoms with van der Waals surface area (Å²) in [7, 11) is 0. The first-order valence-corrected chi connectivity index (χ1v) is 8.37. The zero-order valence-electron chi connectivity index (χ0n) is 13.7. The van der Waals surface area contributed by atoms with Crippen LogP contribution in [0.3, 0.4) is 0 Å². The molecule has 0 aromatic heterocycles. The van der Waals surface area contributed by atoms with E-state index in [4.69, 9.17) is 4.74 Å². The molecule has 23 heavy (non-hydrogen) atoms. The van der Waals surface area contributed by atoms with E-state index in [1.165, 1.54) is 0 Å². The normalized spacial score (nSPS) is 22.0. The number of carbonyl (C=O) groups is 2. The Morgan fingerprint density at radius 3 is 2.43 bits per heavy atom. The molecule has 3 rings (SSSR count). The molecule has 0 bridgehead atoms. The number of ether oxygens (including phenoxy) is 1. The fraction of sp³-hybridized carbons (Fsp3) is 0.556. The summed E-state index contributed by atoms with van der Waals surface area (Å²) in [4.78, 5) is 29.0. The van der Waals surface area contributed by atoms with Gasteiger partial charge in [0.05, 0.1) is 19.1 Å². The predicted octanol–water partition coefficient (Wildman–Crippen LogP) is 1.71. The molecule has 1 aromatic rings. The first-order valence-electron chi connectivity index (χ1n) is 8.37. The lowest BCUT2D eigenvalue weighted by Crippen LogP contribution is -2.49. The number of aryl methyl sites for hydroxylation is 1. The van der Waals surface area contributed by atoms with E-state index < -0.39 is 0 Å². The number of morpholine rings is 1. The molecule has 2 heterocycles. The van der Waals surface area contributed by atoms with Crippen LogP contribution in [0.2, 0.25) is 0 Å². The van der Waals surface area contributed by atoms with Crippen molar-refractivity contribution in [2.45, 2.75) is 19.8 Å². The average molecular weight is 316 g/mol. The standard InChI is InChI=1S/C18H24N2O3/c1-14-4-6-15(7-5-14)17(21)20-8-2-3-16(13-20)18(22)19-9-11-23-12-10-19/h4-7,16H,2-3,8-13H2,1H3. The Morgan fingerprint density at radius 2 is 1.74 bits per heavy atom. The van der Waals surface area contributed by atoms with Crippen LogP contribution < -0.4 is 0 Å². The average Bonchev–Trinajstić information content (AvgIpc) is 2.62. The molecule has 2 aliphatic heterocycles. The van der Waals surface area contributed by atoms with Crippen LogP contribution in [0.5, 0.6) is 0 Å². The minimum Gasteiger partial charge on any atom is -0.378 e. The molecule has 0 N–H and O–H groups in total. The lowest BCUT2D eigenvalue weighted by Gasteiger charge is -2.36. The molecule has 2 fully saturated rings. The minimum atomic E-state index is -0.0729. The van der Waals surface area contributed by atoms with E-state index in [1.807, 2.05) is 41.0 Å². The smallest absolute Gasteiger partial charge is 0.253 e. The van der Waals surface area contributed by atoms with E-state index in [9.17, 15) is 9.59 Å². The summed E-state index contributed by atoms with van der Waals surface area (Å²) in [5, 5.41) is 0. The van der Waals surface area contributed by atoms with Crippen LogP contribution in [0.15, 0.2) is 24.3 Å². The van der Waals surface area contributed by atoms with Gasteiger partial charge >= 0.3 is 0 Å². The highest BCUT2D eigenvalue weighted by atomic mass is 16.5. The second kappa shape index (κ2) is 7.13. The Kier molecular flexibility index (Phi) is 4.96. The minimum absolute atomic E-state index is 0.0319. The second-order valence-electron chi connectivity index (χ2n) is 6.39. The van der Waals surface area contributed by atoms with Gasteiger partial charge in [-0.2, -0.15) is 0 Å². The molecular weight excluding hydrogens is 292 g/mol. The molecule has 1 aromatic carbocycles. The van der Waals surface area contributed by atoms with Crippen molar-refractivity contribution in [3.05, 3.63) is 35.4 Å². The van der Waals surface area contributed by atoms with Crippen molar-refractivity contribution in [2.75, 3.05) is 39.4 Å². The first-order chi connectivity index (χ1) is 11.1. The third-order valence-electron chi connectivity index (χ3n) is 4.68. The van der Waals surface area contributed by atoms with Crippen LogP contribution in [0.25, 0.3) is 0 Å². The summed E-state index contributed by atoms with van der Waals surface area (Å²) in [5.41, 5.74) is 1.84. The summed E-state index contributed by atoms with van der Waals surface area (Å²) >= 11 is 0. The second-order valence-corrected chi connectivity index (χ2v) is 6.39. The predicted molar refractivity (Wildman–Crippen MR) is 87.2 cm³/mol. The van der Waals surface area contributed by atoms with Gasteiger partial charge in [0.25, 0.3) is 5.91 Å². The van der Waals surface area contributed by atoms with Crippen molar-refractivity contribution in [1.82, 2.24) is 9.80 Å². The molecule has 124 valence electrons. The van der Waals surface area contributed by atoms with Gasteiger partial charge in [-0.05, 0) is 31.9 Å². The van der Waals surface area contributed by atoms with Crippen LogP contribution >= 0.6 is 0 Å². The Hall–Kier alpha value is -1.88. The van der Waals surface area contributed by atoms with Gasteiger partial charge in [0, 0.05) is 31.7 Å². The highest BCUT2D eigenvalue weighted by Crippen LogP contribution is 2.21. The van der Waals surface area contributed by atoms with Crippen molar-refractivity contribution in [3.8, 4) is 0 Å². The van der Waals surface area contributed by atoms with E-state index in [1.54, 1.807) is 0 Å². The summed E-state index contributed by atoms with van der Waals surface area (Å²) in [6, 6.07) is 7.64. The van der Waals surface area contributed by atoms with E-state index in [0.717, 1.165) is 24.9 Å². The van der Waals surface area contributed by atoms with Gasteiger partial charge in [-0.1, -0.05) is 17.7 Å². The molecule has 1 unspecified atom stereocenters. The molecule has 5 heteroatoms. The van der Waals surface area contributed by atoms with Gasteiger partial charge in [-0.25, -0.2) is 0 Å². The summed E-state index contributed by atoms with van der Waals surface area (Å²) < 4.78 is 5.31. The van der Waals surface area contributed by atoms with Crippen LogP contribution in [0.4, 0.5) is 0 Å². The molecule has 2 amide bonds. The number of hydrogen-bond donors (Lipinski definition) is 0. The fourth-order valence-corrected chi connectivity index (χ4v) is 3.28. The fourth-order valence-electron chi connectivity index (χ4n) is 3.28. The van der Waals surface area contributed by atoms with Crippen molar-refractivity contribution >= 4 is 11.8 Å². The molecule has 0 aliphatic carbocycles.